The van der Waals surface area contributed by atoms with Gasteiger partial charge in [-0.25, -0.2) is 5.43 Å². The Morgan fingerprint density at radius 3 is 2.50 bits per heavy atom. The van der Waals surface area contributed by atoms with Gasteiger partial charge in [-0.3, -0.25) is 4.79 Å². The number of carbonyl (C=O) groups excluding carboxylic acids is 1. The van der Waals surface area contributed by atoms with E-state index in [9.17, 15) is 4.79 Å². The maximum atomic E-state index is 11.9. The van der Waals surface area contributed by atoms with Crippen LogP contribution in [0.25, 0.3) is 10.8 Å². The average molecular weight is 289 g/mol. The van der Waals surface area contributed by atoms with Gasteiger partial charge in [-0.05, 0) is 35.0 Å². The quantitative estimate of drug-likeness (QED) is 0.442. The number of nitrogens with one attached hydrogen (secondary N) is 1. The first-order valence-electron chi connectivity index (χ1n) is 6.91. The lowest BCUT2D eigenvalue weighted by Gasteiger charge is -2.02. The molecule has 4 heteroatoms. The predicted molar refractivity (Wildman–Crippen MR) is 89.9 cm³/mol. The molecule has 0 aliphatic rings. The van der Waals surface area contributed by atoms with Crippen molar-refractivity contribution in [3.63, 3.8) is 0 Å². The molecule has 0 spiro atoms. The minimum Gasteiger partial charge on any atom is -0.399 e. The molecule has 0 aliphatic heterocycles. The topological polar surface area (TPSA) is 67.5 Å². The number of nitrogens with zero attached hydrogens (tertiary/aromatic N) is 1. The molecular formula is C18H15N3O. The average Bonchev–Trinajstić information content (AvgIpc) is 2.55. The van der Waals surface area contributed by atoms with Gasteiger partial charge < -0.3 is 5.73 Å². The van der Waals surface area contributed by atoms with Crippen LogP contribution in [0.1, 0.15) is 15.9 Å². The van der Waals surface area contributed by atoms with Crippen molar-refractivity contribution >= 4 is 28.6 Å². The summed E-state index contributed by atoms with van der Waals surface area (Å²) >= 11 is 0. The second-order valence-electron chi connectivity index (χ2n) is 4.89. The van der Waals surface area contributed by atoms with Crippen LogP contribution in [0.15, 0.2) is 71.8 Å². The number of benzene rings is 3. The first-order chi connectivity index (χ1) is 10.7. The zero-order chi connectivity index (χ0) is 15.4. The predicted octanol–water partition coefficient (Wildman–Crippen LogP) is 3.19. The molecule has 0 unspecified atom stereocenters. The number of hydrogen-bond acceptors (Lipinski definition) is 3. The maximum absolute atomic E-state index is 11.9. The monoisotopic (exact) mass is 289 g/mol. The van der Waals surface area contributed by atoms with Gasteiger partial charge in [0.05, 0.1) is 6.21 Å². The van der Waals surface area contributed by atoms with E-state index in [4.69, 9.17) is 5.73 Å². The van der Waals surface area contributed by atoms with Gasteiger partial charge in [0.15, 0.2) is 0 Å². The first kappa shape index (κ1) is 13.8. The van der Waals surface area contributed by atoms with Crippen molar-refractivity contribution in [1.29, 1.82) is 0 Å². The zero-order valence-electron chi connectivity index (χ0n) is 11.9. The summed E-state index contributed by atoms with van der Waals surface area (Å²) in [5.41, 5.74) is 10.2. The Kier molecular flexibility index (Phi) is 3.83. The highest BCUT2D eigenvalue weighted by Gasteiger charge is 2.03. The summed E-state index contributed by atoms with van der Waals surface area (Å²) in [6.45, 7) is 0. The highest BCUT2D eigenvalue weighted by Crippen LogP contribution is 2.16. The molecule has 3 aromatic carbocycles. The van der Waals surface area contributed by atoms with E-state index >= 15 is 0 Å². The van der Waals surface area contributed by atoms with E-state index in [1.807, 2.05) is 42.5 Å². The van der Waals surface area contributed by atoms with Crippen molar-refractivity contribution < 1.29 is 4.79 Å². The molecule has 0 bridgehead atoms. The molecule has 0 radical (unpaired) electrons. The fourth-order valence-corrected chi connectivity index (χ4v) is 2.22. The Morgan fingerprint density at radius 2 is 1.68 bits per heavy atom. The zero-order valence-corrected chi connectivity index (χ0v) is 11.9. The van der Waals surface area contributed by atoms with E-state index in [2.05, 4.69) is 10.5 Å². The molecule has 3 rings (SSSR count). The van der Waals surface area contributed by atoms with Gasteiger partial charge in [0.25, 0.3) is 5.91 Å². The van der Waals surface area contributed by atoms with Crippen molar-refractivity contribution in [3.8, 4) is 0 Å². The van der Waals surface area contributed by atoms with Crippen LogP contribution in [-0.2, 0) is 0 Å². The van der Waals surface area contributed by atoms with Crippen molar-refractivity contribution in [3.05, 3.63) is 77.9 Å². The number of hydrazone groups is 1. The third kappa shape index (κ3) is 2.96. The largest absolute Gasteiger partial charge is 0.399 e. The van der Waals surface area contributed by atoms with Crippen molar-refractivity contribution in [1.82, 2.24) is 5.43 Å². The molecule has 0 aliphatic carbocycles. The molecule has 22 heavy (non-hydrogen) atoms. The SMILES string of the molecule is Nc1ccc(C(=O)N/N=C/c2cccc3ccccc23)cc1. The highest BCUT2D eigenvalue weighted by atomic mass is 16.2. The van der Waals surface area contributed by atoms with Crippen LogP contribution in [-0.4, -0.2) is 12.1 Å². The normalized spacial score (nSPS) is 10.9. The van der Waals surface area contributed by atoms with Crippen molar-refractivity contribution in [2.45, 2.75) is 0 Å². The van der Waals surface area contributed by atoms with Gasteiger partial charge in [-0.1, -0.05) is 42.5 Å². The van der Waals surface area contributed by atoms with E-state index in [1.54, 1.807) is 30.5 Å². The van der Waals surface area contributed by atoms with Crippen LogP contribution in [0.4, 0.5) is 5.69 Å². The highest BCUT2D eigenvalue weighted by molar-refractivity contribution is 6.00. The first-order valence-corrected chi connectivity index (χ1v) is 6.91. The Labute approximate surface area is 128 Å². The Morgan fingerprint density at radius 1 is 0.955 bits per heavy atom. The third-order valence-electron chi connectivity index (χ3n) is 3.37. The number of fused-ring (bicyclic) bond motifs is 1. The lowest BCUT2D eigenvalue weighted by molar-refractivity contribution is 0.0955. The fourth-order valence-electron chi connectivity index (χ4n) is 2.22. The molecule has 0 heterocycles. The molecule has 108 valence electrons. The van der Waals surface area contributed by atoms with Gasteiger partial charge >= 0.3 is 0 Å². The lowest BCUT2D eigenvalue weighted by Crippen LogP contribution is -2.17. The van der Waals surface area contributed by atoms with Crippen molar-refractivity contribution in [2.24, 2.45) is 5.10 Å². The molecule has 0 fully saturated rings. The van der Waals surface area contributed by atoms with Crippen LogP contribution >= 0.6 is 0 Å². The maximum Gasteiger partial charge on any atom is 0.271 e. The standard InChI is InChI=1S/C18H15N3O/c19-16-10-8-14(9-11-16)18(22)21-20-12-15-6-3-5-13-4-1-2-7-17(13)15/h1-12H,19H2,(H,21,22)/b20-12+. The second kappa shape index (κ2) is 6.10. The van der Waals surface area contributed by atoms with Gasteiger partial charge in [0.2, 0.25) is 0 Å². The minimum absolute atomic E-state index is 0.267. The van der Waals surface area contributed by atoms with Crippen LogP contribution in [0, 0.1) is 0 Å². The number of nitrogens with two attached hydrogens (primary N) is 1. The molecule has 3 N–H and O–H groups in total. The Hall–Kier alpha value is -3.14. The fraction of sp³-hybridized carbons (Fsp3) is 0. The molecule has 0 atom stereocenters. The number of rotatable bonds is 3. The number of anilines is 1. The number of nitrogen functional groups attached to an aromatic ring is 1. The molecule has 4 nitrogen and oxygen atoms in total. The summed E-state index contributed by atoms with van der Waals surface area (Å²) in [6, 6.07) is 20.7. The summed E-state index contributed by atoms with van der Waals surface area (Å²) in [6.07, 6.45) is 1.65. The van der Waals surface area contributed by atoms with Gasteiger partial charge in [-0.2, -0.15) is 5.10 Å². The van der Waals surface area contributed by atoms with E-state index in [1.165, 1.54) is 0 Å². The van der Waals surface area contributed by atoms with E-state index < -0.39 is 0 Å². The summed E-state index contributed by atoms with van der Waals surface area (Å²) < 4.78 is 0. The molecule has 0 saturated heterocycles. The van der Waals surface area contributed by atoms with Gasteiger partial charge in [0, 0.05) is 16.8 Å². The molecule has 0 saturated carbocycles. The van der Waals surface area contributed by atoms with Crippen LogP contribution in [0.2, 0.25) is 0 Å². The summed E-state index contributed by atoms with van der Waals surface area (Å²) in [5.74, 6) is -0.267. The van der Waals surface area contributed by atoms with E-state index in [0.717, 1.165) is 16.3 Å². The summed E-state index contributed by atoms with van der Waals surface area (Å²) in [4.78, 5) is 11.9. The minimum atomic E-state index is -0.267. The Balaban J connectivity index is 1.76. The molecule has 1 amide bonds. The Bertz CT molecular complexity index is 833. The number of hydrogen-bond donors (Lipinski definition) is 2. The number of amides is 1. The van der Waals surface area contributed by atoms with E-state index in [-0.39, 0.29) is 5.91 Å². The molecular weight excluding hydrogens is 274 g/mol. The smallest absolute Gasteiger partial charge is 0.271 e. The summed E-state index contributed by atoms with van der Waals surface area (Å²) in [5, 5.41) is 6.26. The lowest BCUT2D eigenvalue weighted by atomic mass is 10.1. The van der Waals surface area contributed by atoms with Gasteiger partial charge in [0.1, 0.15) is 0 Å². The number of carbonyl (C=O) groups is 1. The third-order valence-corrected chi connectivity index (χ3v) is 3.37. The second-order valence-corrected chi connectivity index (χ2v) is 4.89. The summed E-state index contributed by atoms with van der Waals surface area (Å²) in [7, 11) is 0. The van der Waals surface area contributed by atoms with Crippen LogP contribution in [0.5, 0.6) is 0 Å². The van der Waals surface area contributed by atoms with Crippen molar-refractivity contribution in [2.75, 3.05) is 5.73 Å². The molecule has 0 aromatic heterocycles. The van der Waals surface area contributed by atoms with Crippen LogP contribution in [0.3, 0.4) is 0 Å². The van der Waals surface area contributed by atoms with E-state index in [0.29, 0.717) is 11.3 Å². The molecule has 3 aromatic rings. The van der Waals surface area contributed by atoms with Crippen LogP contribution < -0.4 is 11.2 Å². The van der Waals surface area contributed by atoms with Gasteiger partial charge in [-0.15, -0.1) is 0 Å².